The van der Waals surface area contributed by atoms with Crippen LogP contribution in [0.2, 0.25) is 10.2 Å². The van der Waals surface area contributed by atoms with Gasteiger partial charge in [0.2, 0.25) is 5.95 Å². The van der Waals surface area contributed by atoms with Gasteiger partial charge in [-0.2, -0.15) is 4.39 Å². The maximum Gasteiger partial charge on any atom is 0.236 e. The molecule has 0 bridgehead atoms. The molecule has 0 spiro atoms. The zero-order valence-electron chi connectivity index (χ0n) is 5.03. The van der Waals surface area contributed by atoms with Gasteiger partial charge in [0.25, 0.3) is 0 Å². The topological polar surface area (TPSA) is 25.8 Å². The SMILES string of the molecule is Cc1nc(F)c(Cl)c(Cl)n1. The molecule has 0 aliphatic rings. The molecule has 0 aromatic carbocycles. The van der Waals surface area contributed by atoms with E-state index in [0.29, 0.717) is 0 Å². The molecule has 0 saturated heterocycles. The lowest BCUT2D eigenvalue weighted by Gasteiger charge is -1.95. The van der Waals surface area contributed by atoms with Gasteiger partial charge in [-0.15, -0.1) is 0 Å². The summed E-state index contributed by atoms with van der Waals surface area (Å²) in [6, 6.07) is 0. The van der Waals surface area contributed by atoms with Crippen LogP contribution in [0.4, 0.5) is 4.39 Å². The zero-order chi connectivity index (χ0) is 7.72. The Morgan fingerprint density at radius 1 is 1.30 bits per heavy atom. The minimum atomic E-state index is -0.779. The van der Waals surface area contributed by atoms with Crippen LogP contribution in [-0.2, 0) is 0 Å². The highest BCUT2D eigenvalue weighted by molar-refractivity contribution is 6.41. The van der Waals surface area contributed by atoms with Gasteiger partial charge in [-0.25, -0.2) is 9.97 Å². The van der Waals surface area contributed by atoms with Crippen LogP contribution < -0.4 is 0 Å². The first kappa shape index (κ1) is 7.69. The Morgan fingerprint density at radius 2 is 1.90 bits per heavy atom. The van der Waals surface area contributed by atoms with Crippen molar-refractivity contribution in [1.29, 1.82) is 0 Å². The Balaban J connectivity index is 3.31. The van der Waals surface area contributed by atoms with E-state index in [-0.39, 0.29) is 16.0 Å². The lowest BCUT2D eigenvalue weighted by Crippen LogP contribution is -1.93. The molecule has 0 fully saturated rings. The maximum atomic E-state index is 12.5. The van der Waals surface area contributed by atoms with Gasteiger partial charge in [-0.05, 0) is 6.92 Å². The fraction of sp³-hybridized carbons (Fsp3) is 0.200. The van der Waals surface area contributed by atoms with E-state index in [1.807, 2.05) is 0 Å². The molecule has 1 aromatic heterocycles. The van der Waals surface area contributed by atoms with Crippen LogP contribution in [0.1, 0.15) is 5.82 Å². The fourth-order valence-corrected chi connectivity index (χ4v) is 0.777. The number of nitrogens with zero attached hydrogens (tertiary/aromatic N) is 2. The van der Waals surface area contributed by atoms with Gasteiger partial charge in [0.05, 0.1) is 0 Å². The smallest absolute Gasteiger partial charge is 0.220 e. The molecule has 0 aliphatic carbocycles. The lowest BCUT2D eigenvalue weighted by molar-refractivity contribution is 0.575. The Kier molecular flexibility index (Phi) is 2.06. The lowest BCUT2D eigenvalue weighted by atomic mass is 10.6. The van der Waals surface area contributed by atoms with E-state index in [1.54, 1.807) is 0 Å². The molecule has 0 atom stereocenters. The molecule has 5 heteroatoms. The molecule has 1 heterocycles. The Labute approximate surface area is 67.0 Å². The molecule has 0 saturated carbocycles. The molecule has 1 rings (SSSR count). The van der Waals surface area contributed by atoms with E-state index < -0.39 is 5.95 Å². The second-order valence-electron chi connectivity index (χ2n) is 1.67. The minimum absolute atomic E-state index is 0.0494. The van der Waals surface area contributed by atoms with Gasteiger partial charge in [0, 0.05) is 0 Å². The molecule has 10 heavy (non-hydrogen) atoms. The van der Waals surface area contributed by atoms with Crippen molar-refractivity contribution in [3.63, 3.8) is 0 Å². The number of halogens is 3. The first-order valence-electron chi connectivity index (χ1n) is 2.46. The largest absolute Gasteiger partial charge is 0.236 e. The predicted octanol–water partition coefficient (Wildman–Crippen LogP) is 2.23. The van der Waals surface area contributed by atoms with Gasteiger partial charge in [0.15, 0.2) is 5.15 Å². The molecule has 0 aliphatic heterocycles. The Bertz CT molecular complexity index is 241. The number of rotatable bonds is 0. The average molecular weight is 181 g/mol. The van der Waals surface area contributed by atoms with Crippen molar-refractivity contribution in [3.05, 3.63) is 21.9 Å². The first-order chi connectivity index (χ1) is 4.61. The van der Waals surface area contributed by atoms with Crippen molar-refractivity contribution in [2.45, 2.75) is 6.92 Å². The summed E-state index contributed by atoms with van der Waals surface area (Å²) >= 11 is 10.7. The summed E-state index contributed by atoms with van der Waals surface area (Å²) < 4.78 is 12.5. The van der Waals surface area contributed by atoms with E-state index in [2.05, 4.69) is 9.97 Å². The van der Waals surface area contributed by atoms with Crippen LogP contribution >= 0.6 is 23.2 Å². The van der Waals surface area contributed by atoms with E-state index >= 15 is 0 Å². The van der Waals surface area contributed by atoms with Crippen molar-refractivity contribution in [3.8, 4) is 0 Å². The molecule has 2 nitrogen and oxygen atoms in total. The molecular weight excluding hydrogens is 178 g/mol. The van der Waals surface area contributed by atoms with Gasteiger partial charge in [-0.1, -0.05) is 23.2 Å². The van der Waals surface area contributed by atoms with Crippen molar-refractivity contribution in [2.75, 3.05) is 0 Å². The van der Waals surface area contributed by atoms with E-state index in [0.717, 1.165) is 0 Å². The van der Waals surface area contributed by atoms with Gasteiger partial charge in [0.1, 0.15) is 10.8 Å². The van der Waals surface area contributed by atoms with Crippen molar-refractivity contribution < 1.29 is 4.39 Å². The van der Waals surface area contributed by atoms with E-state index in [9.17, 15) is 4.39 Å². The molecule has 0 unspecified atom stereocenters. The molecule has 54 valence electrons. The summed E-state index contributed by atoms with van der Waals surface area (Å²) in [5, 5.41) is -0.279. The molecule has 0 radical (unpaired) electrons. The van der Waals surface area contributed by atoms with Gasteiger partial charge >= 0.3 is 0 Å². The minimum Gasteiger partial charge on any atom is -0.220 e. The first-order valence-corrected chi connectivity index (χ1v) is 3.22. The highest BCUT2D eigenvalue weighted by Crippen LogP contribution is 2.20. The Hall–Kier alpha value is -0.410. The summed E-state index contributed by atoms with van der Waals surface area (Å²) in [6.45, 7) is 1.53. The van der Waals surface area contributed by atoms with Crippen LogP contribution in [0.5, 0.6) is 0 Å². The highest BCUT2D eigenvalue weighted by Gasteiger charge is 2.07. The average Bonchev–Trinajstić information content (AvgIpc) is 1.82. The number of hydrogen-bond donors (Lipinski definition) is 0. The maximum absolute atomic E-state index is 12.5. The van der Waals surface area contributed by atoms with Crippen LogP contribution in [0.15, 0.2) is 0 Å². The van der Waals surface area contributed by atoms with E-state index in [1.165, 1.54) is 6.92 Å². The normalized spacial score (nSPS) is 10.0. The molecule has 1 aromatic rings. The van der Waals surface area contributed by atoms with Gasteiger partial charge < -0.3 is 0 Å². The van der Waals surface area contributed by atoms with Crippen molar-refractivity contribution >= 4 is 23.2 Å². The van der Waals surface area contributed by atoms with Gasteiger partial charge in [-0.3, -0.25) is 0 Å². The van der Waals surface area contributed by atoms with Crippen LogP contribution in [0, 0.1) is 12.9 Å². The molecule has 0 amide bonds. The van der Waals surface area contributed by atoms with Crippen molar-refractivity contribution in [2.24, 2.45) is 0 Å². The Morgan fingerprint density at radius 3 is 2.40 bits per heavy atom. The number of aromatic nitrogens is 2. The summed E-state index contributed by atoms with van der Waals surface area (Å²) in [7, 11) is 0. The van der Waals surface area contributed by atoms with Crippen LogP contribution in [0.25, 0.3) is 0 Å². The summed E-state index contributed by atoms with van der Waals surface area (Å²) in [6.07, 6.45) is 0. The zero-order valence-corrected chi connectivity index (χ0v) is 6.54. The number of hydrogen-bond acceptors (Lipinski definition) is 2. The van der Waals surface area contributed by atoms with Crippen molar-refractivity contribution in [1.82, 2.24) is 9.97 Å². The standard InChI is InChI=1S/C5H3Cl2FN2/c1-2-9-4(7)3(6)5(8)10-2/h1H3. The third kappa shape index (κ3) is 1.36. The second-order valence-corrected chi connectivity index (χ2v) is 2.40. The van der Waals surface area contributed by atoms with E-state index in [4.69, 9.17) is 23.2 Å². The number of aryl methyl sites for hydroxylation is 1. The predicted molar refractivity (Wildman–Crippen MR) is 36.7 cm³/mol. The third-order valence-corrected chi connectivity index (χ3v) is 1.59. The second kappa shape index (κ2) is 2.68. The monoisotopic (exact) mass is 180 g/mol. The fourth-order valence-electron chi connectivity index (χ4n) is 0.492. The molecular formula is C5H3Cl2FN2. The summed E-state index contributed by atoms with van der Waals surface area (Å²) in [5.74, 6) is -0.508. The summed E-state index contributed by atoms with van der Waals surface area (Å²) in [5.41, 5.74) is 0. The summed E-state index contributed by atoms with van der Waals surface area (Å²) in [4.78, 5) is 6.96. The quantitative estimate of drug-likeness (QED) is 0.573. The third-order valence-electron chi connectivity index (χ3n) is 0.882. The molecule has 0 N–H and O–H groups in total. The highest BCUT2D eigenvalue weighted by atomic mass is 35.5. The van der Waals surface area contributed by atoms with Crippen LogP contribution in [0.3, 0.4) is 0 Å². The van der Waals surface area contributed by atoms with Crippen LogP contribution in [-0.4, -0.2) is 9.97 Å².